The van der Waals surface area contributed by atoms with Crippen LogP contribution in [-0.4, -0.2) is 29.2 Å². The number of nitrogens with zero attached hydrogens (tertiary/aromatic N) is 2. The maximum atomic E-state index is 13.2. The van der Waals surface area contributed by atoms with Gasteiger partial charge in [-0.05, 0) is 41.3 Å². The van der Waals surface area contributed by atoms with Crippen molar-refractivity contribution < 1.29 is 18.7 Å². The molecule has 1 N–H and O–H groups in total. The number of nitrogens with one attached hydrogen (secondary N) is 1. The van der Waals surface area contributed by atoms with Gasteiger partial charge in [0.15, 0.2) is 16.7 Å². The predicted octanol–water partition coefficient (Wildman–Crippen LogP) is 4.73. The molecule has 184 valence electrons. The molecule has 0 spiro atoms. The van der Waals surface area contributed by atoms with Crippen LogP contribution in [0.4, 0.5) is 10.2 Å². The van der Waals surface area contributed by atoms with Crippen molar-refractivity contribution in [3.8, 4) is 11.5 Å². The first-order valence-electron chi connectivity index (χ1n) is 11.4. The van der Waals surface area contributed by atoms with E-state index in [4.69, 9.17) is 9.47 Å². The van der Waals surface area contributed by atoms with Gasteiger partial charge in [-0.1, -0.05) is 43.8 Å². The summed E-state index contributed by atoms with van der Waals surface area (Å²) in [5.74, 6) is 1.51. The number of thioether (sulfide) groups is 1. The first-order chi connectivity index (χ1) is 16.8. The van der Waals surface area contributed by atoms with E-state index >= 15 is 0 Å². The fourth-order valence-electron chi connectivity index (χ4n) is 3.95. The van der Waals surface area contributed by atoms with E-state index in [2.05, 4.69) is 24.1 Å². The minimum atomic E-state index is -0.464. The van der Waals surface area contributed by atoms with Gasteiger partial charge >= 0.3 is 0 Å². The summed E-state index contributed by atoms with van der Waals surface area (Å²) in [6.07, 6.45) is 0.126. The molecule has 0 radical (unpaired) electrons. The molecule has 1 aliphatic heterocycles. The van der Waals surface area contributed by atoms with Crippen molar-refractivity contribution >= 4 is 23.5 Å². The molecule has 0 saturated carbocycles. The highest BCUT2D eigenvalue weighted by Crippen LogP contribution is 2.39. The third kappa shape index (κ3) is 5.51. The molecular formula is C26H28FN3O4S. The number of methoxy groups -OCH3 is 1. The van der Waals surface area contributed by atoms with Gasteiger partial charge < -0.3 is 19.4 Å². The Labute approximate surface area is 207 Å². The number of anilines is 1. The average molecular weight is 498 g/mol. The molecular weight excluding hydrogens is 469 g/mol. The highest BCUT2D eigenvalue weighted by molar-refractivity contribution is 7.98. The zero-order valence-electron chi connectivity index (χ0n) is 20.1. The Morgan fingerprint density at radius 1 is 1.17 bits per heavy atom. The van der Waals surface area contributed by atoms with Gasteiger partial charge in [-0.2, -0.15) is 4.98 Å². The second-order valence-electron chi connectivity index (χ2n) is 8.86. The number of carbonyl (C=O) groups excluding carboxylic acids is 1. The van der Waals surface area contributed by atoms with Crippen LogP contribution in [0.1, 0.15) is 42.9 Å². The molecule has 1 aromatic heterocycles. The first-order valence-corrected chi connectivity index (χ1v) is 12.3. The standard InChI is InChI=1S/C26H28FN3O4S/c1-15(2)13-34-20-10-7-17(11-21(20)33-4)19-12-22(31)28-24-23(19)25(32)29-26(30(24)3)35-14-16-5-8-18(27)9-6-16/h5-11,15,19H,12-14H2,1-4H3,(H,28,31)/t19-/m1/s1. The minimum Gasteiger partial charge on any atom is -0.493 e. The lowest BCUT2D eigenvalue weighted by atomic mass is 9.86. The molecule has 2 heterocycles. The van der Waals surface area contributed by atoms with Crippen molar-refractivity contribution in [1.82, 2.24) is 9.55 Å². The predicted molar refractivity (Wildman–Crippen MR) is 134 cm³/mol. The Kier molecular flexibility index (Phi) is 7.45. The Morgan fingerprint density at radius 3 is 2.60 bits per heavy atom. The zero-order valence-corrected chi connectivity index (χ0v) is 20.9. The third-order valence-electron chi connectivity index (χ3n) is 5.74. The van der Waals surface area contributed by atoms with E-state index in [0.29, 0.717) is 46.3 Å². The summed E-state index contributed by atoms with van der Waals surface area (Å²) >= 11 is 1.35. The Balaban J connectivity index is 1.66. The second-order valence-corrected chi connectivity index (χ2v) is 9.80. The van der Waals surface area contributed by atoms with Crippen molar-refractivity contribution in [2.75, 3.05) is 19.0 Å². The van der Waals surface area contributed by atoms with Crippen LogP contribution in [0.5, 0.6) is 11.5 Å². The Bertz CT molecular complexity index is 1290. The molecule has 3 aromatic rings. The van der Waals surface area contributed by atoms with E-state index in [1.165, 1.54) is 23.9 Å². The number of rotatable bonds is 8. The van der Waals surface area contributed by atoms with Crippen LogP contribution in [0.3, 0.4) is 0 Å². The summed E-state index contributed by atoms with van der Waals surface area (Å²) in [4.78, 5) is 30.2. The number of aromatic nitrogens is 2. The highest BCUT2D eigenvalue weighted by Gasteiger charge is 2.32. The molecule has 4 rings (SSSR count). The summed E-state index contributed by atoms with van der Waals surface area (Å²) in [6.45, 7) is 4.67. The van der Waals surface area contributed by atoms with Gasteiger partial charge in [0.05, 0.1) is 19.3 Å². The first kappa shape index (κ1) is 24.8. The monoisotopic (exact) mass is 497 g/mol. The Hall–Kier alpha value is -3.33. The normalized spacial score (nSPS) is 15.0. The Morgan fingerprint density at radius 2 is 1.91 bits per heavy atom. The topological polar surface area (TPSA) is 82.5 Å². The van der Waals surface area contributed by atoms with Gasteiger partial charge in [0.25, 0.3) is 5.56 Å². The molecule has 0 unspecified atom stereocenters. The third-order valence-corrected chi connectivity index (χ3v) is 6.85. The molecule has 9 heteroatoms. The molecule has 1 amide bonds. The lowest BCUT2D eigenvalue weighted by Gasteiger charge is -2.28. The number of halogens is 1. The molecule has 7 nitrogen and oxygen atoms in total. The minimum absolute atomic E-state index is 0.126. The van der Waals surface area contributed by atoms with Crippen molar-refractivity contribution in [2.24, 2.45) is 13.0 Å². The molecule has 0 bridgehead atoms. The van der Waals surface area contributed by atoms with Crippen LogP contribution in [0.25, 0.3) is 0 Å². The van der Waals surface area contributed by atoms with Crippen molar-refractivity contribution in [2.45, 2.75) is 37.1 Å². The van der Waals surface area contributed by atoms with E-state index < -0.39 is 5.92 Å². The van der Waals surface area contributed by atoms with Crippen LogP contribution >= 0.6 is 11.8 Å². The largest absolute Gasteiger partial charge is 0.493 e. The van der Waals surface area contributed by atoms with E-state index in [9.17, 15) is 14.0 Å². The molecule has 1 atom stereocenters. The van der Waals surface area contributed by atoms with Gasteiger partial charge in [0.1, 0.15) is 11.6 Å². The molecule has 0 saturated heterocycles. The summed E-state index contributed by atoms with van der Waals surface area (Å²) in [5.41, 5.74) is 1.73. The molecule has 0 aliphatic carbocycles. The highest BCUT2D eigenvalue weighted by atomic mass is 32.2. The molecule has 2 aromatic carbocycles. The molecule has 1 aliphatic rings. The maximum Gasteiger partial charge on any atom is 0.279 e. The average Bonchev–Trinajstić information content (AvgIpc) is 2.84. The number of ether oxygens (including phenoxy) is 2. The van der Waals surface area contributed by atoms with Crippen LogP contribution in [0, 0.1) is 11.7 Å². The van der Waals surface area contributed by atoms with E-state index in [-0.39, 0.29) is 23.7 Å². The van der Waals surface area contributed by atoms with Gasteiger partial charge in [-0.25, -0.2) is 4.39 Å². The van der Waals surface area contributed by atoms with Gasteiger partial charge in [-0.3, -0.25) is 9.59 Å². The summed E-state index contributed by atoms with van der Waals surface area (Å²) < 4.78 is 26.3. The number of amides is 1. The lowest BCUT2D eigenvalue weighted by Crippen LogP contribution is -2.33. The number of fused-ring (bicyclic) bond motifs is 1. The smallest absolute Gasteiger partial charge is 0.279 e. The maximum absolute atomic E-state index is 13.2. The van der Waals surface area contributed by atoms with Crippen molar-refractivity contribution in [3.05, 3.63) is 75.3 Å². The SMILES string of the molecule is COc1cc([C@H]2CC(=O)Nc3c2c(=O)nc(SCc2ccc(F)cc2)n3C)ccc1OCC(C)C. The van der Waals surface area contributed by atoms with Crippen LogP contribution in [0.15, 0.2) is 52.4 Å². The van der Waals surface area contributed by atoms with E-state index in [1.54, 1.807) is 30.9 Å². The summed E-state index contributed by atoms with van der Waals surface area (Å²) in [6, 6.07) is 11.7. The lowest BCUT2D eigenvalue weighted by molar-refractivity contribution is -0.116. The van der Waals surface area contributed by atoms with Gasteiger partial charge in [0, 0.05) is 25.1 Å². The summed E-state index contributed by atoms with van der Waals surface area (Å²) in [7, 11) is 3.33. The fourth-order valence-corrected chi connectivity index (χ4v) is 4.87. The fraction of sp³-hybridized carbons (Fsp3) is 0.346. The number of hydrogen-bond donors (Lipinski definition) is 1. The number of hydrogen-bond acceptors (Lipinski definition) is 6. The van der Waals surface area contributed by atoms with Gasteiger partial charge in [0.2, 0.25) is 5.91 Å². The van der Waals surface area contributed by atoms with Crippen LogP contribution < -0.4 is 20.3 Å². The molecule has 0 fully saturated rings. The van der Waals surface area contributed by atoms with E-state index in [0.717, 1.165) is 11.1 Å². The zero-order chi connectivity index (χ0) is 25.1. The quantitative estimate of drug-likeness (QED) is 0.358. The second kappa shape index (κ2) is 10.5. The van der Waals surface area contributed by atoms with Crippen LogP contribution in [0.2, 0.25) is 0 Å². The van der Waals surface area contributed by atoms with E-state index in [1.807, 2.05) is 18.2 Å². The summed E-state index contributed by atoms with van der Waals surface area (Å²) in [5, 5.41) is 3.32. The number of carbonyl (C=O) groups is 1. The molecule has 35 heavy (non-hydrogen) atoms. The van der Waals surface area contributed by atoms with Crippen LogP contribution in [-0.2, 0) is 17.6 Å². The number of benzene rings is 2. The van der Waals surface area contributed by atoms with Gasteiger partial charge in [-0.15, -0.1) is 0 Å². The van der Waals surface area contributed by atoms with Crippen molar-refractivity contribution in [3.63, 3.8) is 0 Å². The van der Waals surface area contributed by atoms with Crippen molar-refractivity contribution in [1.29, 1.82) is 0 Å².